The van der Waals surface area contributed by atoms with Crippen molar-refractivity contribution in [3.63, 3.8) is 0 Å². The Bertz CT molecular complexity index is 535. The van der Waals surface area contributed by atoms with Crippen molar-refractivity contribution in [2.75, 3.05) is 0 Å². The zero-order valence-electron chi connectivity index (χ0n) is 16.0. The van der Waals surface area contributed by atoms with Crippen LogP contribution in [0.5, 0.6) is 5.75 Å². The van der Waals surface area contributed by atoms with Gasteiger partial charge in [-0.05, 0) is 37.1 Å². The molecular weight excluding hydrogens is 375 g/mol. The second-order valence-electron chi connectivity index (χ2n) is 6.14. The van der Waals surface area contributed by atoms with Gasteiger partial charge < -0.3 is 29.9 Å². The van der Waals surface area contributed by atoms with Gasteiger partial charge in [-0.15, -0.1) is 6.92 Å². The molecule has 1 aliphatic rings. The largest absolute Gasteiger partial charge is 1.00 e. The monoisotopic (exact) mass is 403 g/mol. The summed E-state index contributed by atoms with van der Waals surface area (Å²) in [6.07, 6.45) is 3.36. The normalized spacial score (nSPS) is 14.9. The van der Waals surface area contributed by atoms with Crippen LogP contribution in [0.25, 0.3) is 0 Å². The summed E-state index contributed by atoms with van der Waals surface area (Å²) < 4.78 is 1.42. The number of allylic oxidation sites excluding steroid dienone is 4. The van der Waals surface area contributed by atoms with E-state index in [-0.39, 0.29) is 24.8 Å². The van der Waals surface area contributed by atoms with E-state index in [1.165, 1.54) is 20.5 Å². The van der Waals surface area contributed by atoms with Crippen molar-refractivity contribution in [2.24, 2.45) is 5.92 Å². The summed E-state index contributed by atoms with van der Waals surface area (Å²) in [5.74, 6) is 0.914. The fraction of sp³-hybridized carbons (Fsp3) is 0.450. The minimum Gasteiger partial charge on any atom is -1.00 e. The quantitative estimate of drug-likeness (QED) is 0.456. The van der Waals surface area contributed by atoms with Crippen LogP contribution in [-0.2, 0) is 20.0 Å². The van der Waals surface area contributed by atoms with Gasteiger partial charge in [-0.1, -0.05) is 32.8 Å². The van der Waals surface area contributed by atoms with E-state index in [9.17, 15) is 0 Å². The second kappa shape index (κ2) is 13.9. The van der Waals surface area contributed by atoms with Gasteiger partial charge in [0.1, 0.15) is 5.75 Å². The maximum absolute atomic E-state index is 8.99. The predicted octanol–water partition coefficient (Wildman–Crippen LogP) is -0.516. The molecule has 0 aromatic heterocycles. The van der Waals surface area contributed by atoms with E-state index in [2.05, 4.69) is 67.6 Å². The summed E-state index contributed by atoms with van der Waals surface area (Å²) in [5.41, 5.74) is 6.45. The van der Waals surface area contributed by atoms with E-state index >= 15 is 0 Å². The van der Waals surface area contributed by atoms with Crippen LogP contribution in [0.4, 0.5) is 0 Å². The van der Waals surface area contributed by atoms with Crippen LogP contribution in [0.2, 0.25) is 0 Å². The van der Waals surface area contributed by atoms with Crippen molar-refractivity contribution in [2.45, 2.75) is 55.4 Å². The third kappa shape index (κ3) is 12.1. The van der Waals surface area contributed by atoms with Crippen molar-refractivity contribution in [3.8, 4) is 5.75 Å². The van der Waals surface area contributed by atoms with Crippen molar-refractivity contribution in [1.82, 2.24) is 0 Å². The van der Waals surface area contributed by atoms with E-state index < -0.39 is 0 Å². The number of halogens is 2. The molecule has 0 aliphatic heterocycles. The zero-order chi connectivity index (χ0) is 17.4. The molecule has 0 spiro atoms. The standard InChI is InChI=1S/C9H13.C8H10O.C3H6.2ClH.Ti/c1-6-5-7(2)9(4)8(6)3;1-6-3-7(2)5-8(9)4-6;1-3-2;;;/h6H,1-4H3;3-5,9H,1-2H3;1-2H3;2*1H;/q-1;;;;;+1/p-2. The summed E-state index contributed by atoms with van der Waals surface area (Å²) in [6.45, 7) is 16.8. The molecule has 1 aliphatic carbocycles. The molecule has 1 N–H and O–H groups in total. The summed E-state index contributed by atoms with van der Waals surface area (Å²) in [5, 5.41) is 8.99. The number of phenolic OH excluding ortho intramolecular Hbond substituents is 1. The SMILES string of the molecule is CC1=[C-]C(C)C(C)=C1C.C[C](C)=[Ti+].Cc1cc(C)cc(O)c1.[Cl-].[Cl-]. The number of benzene rings is 1. The Labute approximate surface area is 172 Å². The molecule has 1 atom stereocenters. The number of hydrogen-bond donors (Lipinski definition) is 1. The summed E-state index contributed by atoms with van der Waals surface area (Å²) in [4.78, 5) is 0. The number of aromatic hydroxyl groups is 1. The average Bonchev–Trinajstić information content (AvgIpc) is 2.54. The van der Waals surface area contributed by atoms with Gasteiger partial charge in [-0.2, -0.15) is 11.1 Å². The Balaban J connectivity index is -0.000000283. The Morgan fingerprint density at radius 2 is 1.33 bits per heavy atom. The number of rotatable bonds is 0. The molecule has 0 saturated heterocycles. The summed E-state index contributed by atoms with van der Waals surface area (Å²) in [7, 11) is 0. The minimum atomic E-state index is 0. The van der Waals surface area contributed by atoms with Crippen molar-refractivity contribution >= 4 is 3.81 Å². The molecule has 0 amide bonds. The smallest absolute Gasteiger partial charge is 0.116 e. The van der Waals surface area contributed by atoms with Gasteiger partial charge in [-0.3, -0.25) is 6.08 Å². The van der Waals surface area contributed by atoms with Crippen molar-refractivity contribution < 1.29 is 49.9 Å². The molecule has 135 valence electrons. The van der Waals surface area contributed by atoms with Gasteiger partial charge in [0.15, 0.2) is 0 Å². The molecule has 0 saturated carbocycles. The van der Waals surface area contributed by atoms with Gasteiger partial charge >= 0.3 is 37.6 Å². The van der Waals surface area contributed by atoms with E-state index in [1.807, 2.05) is 19.9 Å². The van der Waals surface area contributed by atoms with Crippen LogP contribution in [0, 0.1) is 25.8 Å². The molecule has 1 aromatic carbocycles. The first-order chi connectivity index (χ1) is 10.0. The van der Waals surface area contributed by atoms with E-state index in [1.54, 1.807) is 12.1 Å². The topological polar surface area (TPSA) is 20.2 Å². The van der Waals surface area contributed by atoms with Crippen LogP contribution < -0.4 is 24.8 Å². The maximum Gasteiger partial charge on any atom is 0.116 e. The van der Waals surface area contributed by atoms with Crippen LogP contribution in [0.3, 0.4) is 0 Å². The van der Waals surface area contributed by atoms with Gasteiger partial charge in [0.25, 0.3) is 0 Å². The fourth-order valence-corrected chi connectivity index (χ4v) is 2.11. The summed E-state index contributed by atoms with van der Waals surface area (Å²) >= 11 is 2.08. The molecule has 0 heterocycles. The third-order valence-electron chi connectivity index (χ3n) is 3.44. The van der Waals surface area contributed by atoms with Crippen LogP contribution >= 0.6 is 0 Å². The second-order valence-corrected chi connectivity index (χ2v) is 7.71. The molecule has 24 heavy (non-hydrogen) atoms. The molecule has 0 radical (unpaired) electrons. The molecular formula is C20H29Cl2OTi-2. The van der Waals surface area contributed by atoms with E-state index in [4.69, 9.17) is 5.11 Å². The Kier molecular flexibility index (Phi) is 16.5. The minimum absolute atomic E-state index is 0. The average molecular weight is 404 g/mol. The van der Waals surface area contributed by atoms with Crippen LogP contribution in [0.15, 0.2) is 34.9 Å². The fourth-order valence-electron chi connectivity index (χ4n) is 2.11. The molecule has 0 fully saturated rings. The van der Waals surface area contributed by atoms with E-state index in [0.717, 1.165) is 11.1 Å². The van der Waals surface area contributed by atoms with Crippen LogP contribution in [-0.4, -0.2) is 8.92 Å². The van der Waals surface area contributed by atoms with Gasteiger partial charge in [-0.25, -0.2) is 5.57 Å². The third-order valence-corrected chi connectivity index (χ3v) is 3.44. The first-order valence-electron chi connectivity index (χ1n) is 7.61. The first kappa shape index (κ1) is 28.5. The van der Waals surface area contributed by atoms with Gasteiger partial charge in [0.05, 0.1) is 0 Å². The van der Waals surface area contributed by atoms with Crippen LogP contribution in [0.1, 0.15) is 52.7 Å². The Morgan fingerprint density at radius 3 is 1.50 bits per heavy atom. The number of hydrogen-bond acceptors (Lipinski definition) is 1. The van der Waals surface area contributed by atoms with Gasteiger partial charge in [0, 0.05) is 0 Å². The summed E-state index contributed by atoms with van der Waals surface area (Å²) in [6, 6.07) is 5.51. The number of aryl methyl sites for hydroxylation is 2. The van der Waals surface area contributed by atoms with Gasteiger partial charge in [0.2, 0.25) is 0 Å². The predicted molar refractivity (Wildman–Crippen MR) is 93.9 cm³/mol. The molecule has 4 heteroatoms. The Morgan fingerprint density at radius 1 is 0.958 bits per heavy atom. The first-order valence-corrected chi connectivity index (χ1v) is 8.39. The molecule has 0 bridgehead atoms. The van der Waals surface area contributed by atoms with E-state index in [0.29, 0.717) is 11.7 Å². The maximum atomic E-state index is 8.99. The van der Waals surface area contributed by atoms with Crippen molar-refractivity contribution in [3.05, 3.63) is 52.1 Å². The number of phenols is 1. The van der Waals surface area contributed by atoms with Crippen molar-refractivity contribution in [1.29, 1.82) is 0 Å². The molecule has 1 nitrogen and oxygen atoms in total. The molecule has 1 aromatic rings. The molecule has 2 rings (SSSR count). The Hall–Kier alpha value is -0.336. The zero-order valence-corrected chi connectivity index (χ0v) is 19.1. The molecule has 1 unspecified atom stereocenters.